The van der Waals surface area contributed by atoms with Gasteiger partial charge in [-0.05, 0) is 17.7 Å². The summed E-state index contributed by atoms with van der Waals surface area (Å²) in [6.07, 6.45) is -11.4. The highest BCUT2D eigenvalue weighted by Gasteiger charge is 2.61. The van der Waals surface area contributed by atoms with Gasteiger partial charge in [-0.3, -0.25) is 4.79 Å². The van der Waals surface area contributed by atoms with Crippen LogP contribution in [0.4, 0.5) is 32.0 Å². The minimum absolute atomic E-state index is 0.134. The topological polar surface area (TPSA) is 29.1 Å². The molecule has 1 rings (SSSR count). The Morgan fingerprint density at radius 3 is 2.15 bits per heavy atom. The van der Waals surface area contributed by atoms with Gasteiger partial charge in [0.05, 0.1) is 0 Å². The second-order valence-corrected chi connectivity index (χ2v) is 4.40. The van der Waals surface area contributed by atoms with Crippen molar-refractivity contribution in [2.45, 2.75) is 17.7 Å². The summed E-state index contributed by atoms with van der Waals surface area (Å²) >= 11 is 3.08. The molecule has 0 aliphatic carbocycles. The first-order valence-electron chi connectivity index (χ1n) is 5.15. The lowest BCUT2D eigenvalue weighted by Gasteiger charge is -2.22. The Bertz CT molecular complexity index is 471. The highest BCUT2D eigenvalue weighted by molar-refractivity contribution is 9.08. The van der Waals surface area contributed by atoms with Crippen LogP contribution in [0, 0.1) is 5.92 Å². The molecule has 2 nitrogen and oxygen atoms in total. The quantitative estimate of drug-likeness (QED) is 0.630. The number of halogens is 7. The minimum Gasteiger partial charge on any atom is -0.325 e. The van der Waals surface area contributed by atoms with Gasteiger partial charge in [0.2, 0.25) is 11.8 Å². The van der Waals surface area contributed by atoms with Crippen LogP contribution in [0.5, 0.6) is 0 Å². The van der Waals surface area contributed by atoms with Crippen molar-refractivity contribution in [1.82, 2.24) is 0 Å². The highest BCUT2D eigenvalue weighted by atomic mass is 79.9. The zero-order valence-electron chi connectivity index (χ0n) is 9.65. The third-order valence-corrected chi connectivity index (χ3v) is 2.91. The molecule has 9 heteroatoms. The molecule has 0 aliphatic heterocycles. The Morgan fingerprint density at radius 2 is 1.70 bits per heavy atom. The van der Waals surface area contributed by atoms with Gasteiger partial charge in [-0.15, -0.1) is 0 Å². The maximum Gasteiger partial charge on any atom is 0.409 e. The summed E-state index contributed by atoms with van der Waals surface area (Å²) in [6, 6.07) is 5.47. The summed E-state index contributed by atoms with van der Waals surface area (Å²) in [7, 11) is 0. The van der Waals surface area contributed by atoms with Crippen LogP contribution in [0.2, 0.25) is 0 Å². The molecule has 0 spiro atoms. The molecule has 0 unspecified atom stereocenters. The fourth-order valence-electron chi connectivity index (χ4n) is 1.43. The van der Waals surface area contributed by atoms with Crippen LogP contribution in [0.1, 0.15) is 5.56 Å². The molecule has 0 aliphatic rings. The molecule has 0 saturated carbocycles. The summed E-state index contributed by atoms with van der Waals surface area (Å²) < 4.78 is 74.0. The van der Waals surface area contributed by atoms with Crippen molar-refractivity contribution >= 4 is 27.5 Å². The van der Waals surface area contributed by atoms with E-state index in [1.54, 1.807) is 11.4 Å². The van der Waals surface area contributed by atoms with E-state index < -0.39 is 24.2 Å². The summed E-state index contributed by atoms with van der Waals surface area (Å²) in [5.74, 6) is -6.21. The minimum atomic E-state index is -5.70. The lowest BCUT2D eigenvalue weighted by atomic mass is 10.1. The van der Waals surface area contributed by atoms with Gasteiger partial charge < -0.3 is 5.32 Å². The molecule has 1 aromatic carbocycles. The normalized spacial score (nSPS) is 12.6. The average Bonchev–Trinajstić information content (AvgIpc) is 2.24. The number of rotatable bonds is 3. The lowest BCUT2D eigenvalue weighted by molar-refractivity contribution is -0.272. The molecule has 0 bridgehead atoms. The Morgan fingerprint density at radius 1 is 1.15 bits per heavy atom. The van der Waals surface area contributed by atoms with Crippen molar-refractivity contribution in [1.29, 1.82) is 0 Å². The van der Waals surface area contributed by atoms with E-state index in [4.69, 9.17) is 0 Å². The second kappa shape index (κ2) is 6.02. The van der Waals surface area contributed by atoms with Crippen LogP contribution in [0.15, 0.2) is 24.3 Å². The Balaban J connectivity index is 2.97. The number of hydrogen-bond donors (Lipinski definition) is 1. The summed E-state index contributed by atoms with van der Waals surface area (Å²) in [6.45, 7) is 0. The molecule has 20 heavy (non-hydrogen) atoms. The van der Waals surface area contributed by atoms with Crippen molar-refractivity contribution in [3.05, 3.63) is 29.8 Å². The predicted molar refractivity (Wildman–Crippen MR) is 63.3 cm³/mol. The first-order chi connectivity index (χ1) is 9.05. The summed E-state index contributed by atoms with van der Waals surface area (Å²) in [4.78, 5) is 11.2. The van der Waals surface area contributed by atoms with Crippen LogP contribution < -0.4 is 5.32 Å². The van der Waals surface area contributed by atoms with E-state index >= 15 is 0 Å². The fourth-order valence-corrected chi connectivity index (χ4v) is 1.78. The van der Waals surface area contributed by atoms with E-state index in [0.717, 1.165) is 0 Å². The molecule has 0 atom stereocenters. The number of nitrogens with one attached hydrogen (secondary N) is 1. The SMILES string of the molecule is O=C(Nc1cccc(CBr)c1)C(C(F)(F)F)C(F)(F)F. The van der Waals surface area contributed by atoms with Crippen molar-refractivity contribution in [3.63, 3.8) is 0 Å². The van der Waals surface area contributed by atoms with Gasteiger partial charge in [-0.25, -0.2) is 0 Å². The van der Waals surface area contributed by atoms with E-state index in [2.05, 4.69) is 15.9 Å². The van der Waals surface area contributed by atoms with Crippen molar-refractivity contribution in [2.24, 2.45) is 5.92 Å². The Hall–Kier alpha value is -1.25. The molecule has 0 heterocycles. The molecule has 0 saturated heterocycles. The van der Waals surface area contributed by atoms with E-state index in [-0.39, 0.29) is 5.69 Å². The van der Waals surface area contributed by atoms with Gasteiger partial charge in [0.15, 0.2) is 0 Å². The number of alkyl halides is 7. The molecular formula is C11H8BrF6NO. The van der Waals surface area contributed by atoms with E-state index in [1.807, 2.05) is 0 Å². The van der Waals surface area contributed by atoms with Crippen molar-refractivity contribution in [2.75, 3.05) is 5.32 Å². The van der Waals surface area contributed by atoms with Gasteiger partial charge in [0, 0.05) is 11.0 Å². The van der Waals surface area contributed by atoms with E-state index in [9.17, 15) is 31.1 Å². The number of hydrogen-bond acceptors (Lipinski definition) is 1. The van der Waals surface area contributed by atoms with Gasteiger partial charge in [0.1, 0.15) is 0 Å². The average molecular weight is 364 g/mol. The van der Waals surface area contributed by atoms with Gasteiger partial charge in [0.25, 0.3) is 0 Å². The van der Waals surface area contributed by atoms with Crippen molar-refractivity contribution < 1.29 is 31.1 Å². The fraction of sp³-hybridized carbons (Fsp3) is 0.364. The summed E-state index contributed by atoms with van der Waals surface area (Å²) in [5, 5.41) is 1.98. The van der Waals surface area contributed by atoms with Crippen LogP contribution in [0.3, 0.4) is 0 Å². The maximum atomic E-state index is 12.3. The molecule has 0 fully saturated rings. The molecular weight excluding hydrogens is 356 g/mol. The van der Waals surface area contributed by atoms with Crippen molar-refractivity contribution in [3.8, 4) is 0 Å². The third-order valence-electron chi connectivity index (χ3n) is 2.27. The molecule has 112 valence electrons. The number of benzene rings is 1. The van der Waals surface area contributed by atoms with E-state index in [1.165, 1.54) is 18.2 Å². The molecule has 0 radical (unpaired) electrons. The Labute approximate surface area is 118 Å². The highest BCUT2D eigenvalue weighted by Crippen LogP contribution is 2.39. The molecule has 1 amide bonds. The molecule has 1 aromatic rings. The smallest absolute Gasteiger partial charge is 0.325 e. The van der Waals surface area contributed by atoms with Gasteiger partial charge in [-0.2, -0.15) is 26.3 Å². The van der Waals surface area contributed by atoms with Gasteiger partial charge in [-0.1, -0.05) is 28.1 Å². The first kappa shape index (κ1) is 16.8. The third kappa shape index (κ3) is 4.39. The summed E-state index contributed by atoms with van der Waals surface area (Å²) in [5.41, 5.74) is 0.462. The molecule has 1 N–H and O–H groups in total. The number of carbonyl (C=O) groups excluding carboxylic acids is 1. The largest absolute Gasteiger partial charge is 0.409 e. The van der Waals surface area contributed by atoms with Gasteiger partial charge >= 0.3 is 12.4 Å². The molecule has 0 aromatic heterocycles. The maximum absolute atomic E-state index is 12.3. The number of anilines is 1. The zero-order valence-corrected chi connectivity index (χ0v) is 11.2. The van der Waals surface area contributed by atoms with Crippen LogP contribution in [-0.4, -0.2) is 18.3 Å². The monoisotopic (exact) mass is 363 g/mol. The first-order valence-corrected chi connectivity index (χ1v) is 6.27. The predicted octanol–water partition coefficient (Wildman–Crippen LogP) is 4.26. The van der Waals surface area contributed by atoms with Crippen LogP contribution in [0.25, 0.3) is 0 Å². The standard InChI is InChI=1S/C11H8BrF6NO/c12-5-6-2-1-3-7(4-6)19-9(20)8(10(13,14)15)11(16,17)18/h1-4,8H,5H2,(H,19,20). The number of amides is 1. The van der Waals surface area contributed by atoms with E-state index in [0.29, 0.717) is 10.9 Å². The second-order valence-electron chi connectivity index (χ2n) is 3.84. The number of carbonyl (C=O) groups is 1. The zero-order chi connectivity index (χ0) is 15.6. The Kier molecular flexibility index (Phi) is 5.06. The van der Waals surface area contributed by atoms with Crippen LogP contribution >= 0.6 is 15.9 Å². The van der Waals surface area contributed by atoms with Crippen LogP contribution in [-0.2, 0) is 10.1 Å². The lowest BCUT2D eigenvalue weighted by Crippen LogP contribution is -2.45.